The van der Waals surface area contributed by atoms with Gasteiger partial charge in [-0.2, -0.15) is 0 Å². The highest BCUT2D eigenvalue weighted by Crippen LogP contribution is 2.48. The van der Waals surface area contributed by atoms with Gasteiger partial charge in [0.05, 0.1) is 5.54 Å². The van der Waals surface area contributed by atoms with Crippen molar-refractivity contribution in [2.45, 2.75) is 32.7 Å². The molecule has 4 nitrogen and oxygen atoms in total. The number of Topliss-reactive ketones (excluding diaryl/α,β-unsaturated/α-hetero) is 1. The lowest BCUT2D eigenvalue weighted by atomic mass is 9.70. The van der Waals surface area contributed by atoms with E-state index < -0.39 is 23.0 Å². The van der Waals surface area contributed by atoms with Crippen molar-refractivity contribution in [1.29, 1.82) is 0 Å². The largest absolute Gasteiger partial charge is 0.379 e. The van der Waals surface area contributed by atoms with Crippen LogP contribution >= 0.6 is 11.8 Å². The van der Waals surface area contributed by atoms with E-state index in [2.05, 4.69) is 9.98 Å². The summed E-state index contributed by atoms with van der Waals surface area (Å²) < 4.78 is 28.5. The molecule has 0 bridgehead atoms. The normalized spacial score (nSPS) is 21.6. The molecule has 0 aliphatic carbocycles. The summed E-state index contributed by atoms with van der Waals surface area (Å²) in [6, 6.07) is 7.09. The third-order valence-corrected chi connectivity index (χ3v) is 6.43. The Kier molecular flexibility index (Phi) is 5.08. The molecule has 3 rings (SSSR count). The molecule has 2 N–H and O–H groups in total. The second-order valence-corrected chi connectivity index (χ2v) is 8.44. The number of hydrogen-bond donors (Lipinski definition) is 1. The molecule has 0 saturated heterocycles. The van der Waals surface area contributed by atoms with E-state index in [9.17, 15) is 13.6 Å². The predicted octanol–water partition coefficient (Wildman–Crippen LogP) is 4.09. The monoisotopic (exact) mass is 389 g/mol. The standard InChI is InChI=1S/C20H21F2N3OS/c1-19(2)11-27-18(23)25-20(19,3)13-9-12(6-7-14(13)21)10-16(26)17-15(22)5-4-8-24-17/h4-9H,10-11H2,1-3H3,(H2,23,25)/t20-/m1/s1. The summed E-state index contributed by atoms with van der Waals surface area (Å²) in [6.07, 6.45) is 1.29. The van der Waals surface area contributed by atoms with Crippen LogP contribution in [0.25, 0.3) is 0 Å². The van der Waals surface area contributed by atoms with E-state index in [0.29, 0.717) is 22.0 Å². The molecule has 7 heteroatoms. The molecule has 1 atom stereocenters. The molecular weight excluding hydrogens is 368 g/mol. The number of hydrogen-bond acceptors (Lipinski definition) is 5. The number of carbonyl (C=O) groups excluding carboxylic acids is 1. The Morgan fingerprint density at radius 1 is 1.22 bits per heavy atom. The van der Waals surface area contributed by atoms with Crippen molar-refractivity contribution >= 4 is 22.7 Å². The van der Waals surface area contributed by atoms with Crippen molar-refractivity contribution in [2.24, 2.45) is 16.1 Å². The molecule has 142 valence electrons. The number of aliphatic imine (C=N–C) groups is 1. The zero-order valence-corrected chi connectivity index (χ0v) is 16.2. The Balaban J connectivity index is 1.99. The summed E-state index contributed by atoms with van der Waals surface area (Å²) in [5.74, 6) is -0.841. The Bertz CT molecular complexity index is 929. The number of aromatic nitrogens is 1. The number of thioether (sulfide) groups is 1. The van der Waals surface area contributed by atoms with E-state index >= 15 is 0 Å². The van der Waals surface area contributed by atoms with Crippen molar-refractivity contribution in [1.82, 2.24) is 4.98 Å². The maximum atomic E-state index is 14.7. The average Bonchev–Trinajstić information content (AvgIpc) is 2.60. The van der Waals surface area contributed by atoms with E-state index in [1.165, 1.54) is 42.2 Å². The van der Waals surface area contributed by atoms with Gasteiger partial charge in [0.1, 0.15) is 11.5 Å². The molecule has 1 aromatic heterocycles. The first kappa shape index (κ1) is 19.5. The van der Waals surface area contributed by atoms with Crippen LogP contribution in [0.3, 0.4) is 0 Å². The first-order valence-corrected chi connectivity index (χ1v) is 9.53. The summed E-state index contributed by atoms with van der Waals surface area (Å²) in [6.45, 7) is 5.87. The Morgan fingerprint density at radius 3 is 2.67 bits per heavy atom. The van der Waals surface area contributed by atoms with Crippen molar-refractivity contribution in [3.63, 3.8) is 0 Å². The van der Waals surface area contributed by atoms with E-state index in [1.54, 1.807) is 6.07 Å². The second kappa shape index (κ2) is 7.03. The number of pyridine rings is 1. The topological polar surface area (TPSA) is 68.3 Å². The first-order chi connectivity index (χ1) is 12.6. The Hall–Kier alpha value is -2.28. The number of amidine groups is 1. The SMILES string of the molecule is CC1(C)CSC(N)=N[C@]1(C)c1cc(CC(=O)c2ncccc2F)ccc1F. The van der Waals surface area contributed by atoms with Gasteiger partial charge in [-0.05, 0) is 36.8 Å². The lowest BCUT2D eigenvalue weighted by Crippen LogP contribution is -2.45. The van der Waals surface area contributed by atoms with Gasteiger partial charge in [-0.25, -0.2) is 8.78 Å². The summed E-state index contributed by atoms with van der Waals surface area (Å²) in [7, 11) is 0. The van der Waals surface area contributed by atoms with Crippen LogP contribution in [0.15, 0.2) is 41.5 Å². The van der Waals surface area contributed by atoms with E-state index in [-0.39, 0.29) is 17.5 Å². The van der Waals surface area contributed by atoms with Crippen molar-refractivity contribution < 1.29 is 13.6 Å². The minimum atomic E-state index is -0.873. The van der Waals surface area contributed by atoms with Crippen LogP contribution in [-0.2, 0) is 12.0 Å². The number of nitrogens with two attached hydrogens (primary N) is 1. The van der Waals surface area contributed by atoms with Gasteiger partial charge in [-0.15, -0.1) is 0 Å². The minimum absolute atomic E-state index is 0.0777. The number of nitrogens with zero attached hydrogens (tertiary/aromatic N) is 2. The van der Waals surface area contributed by atoms with Crippen LogP contribution in [-0.4, -0.2) is 21.7 Å². The number of carbonyl (C=O) groups is 1. The number of benzene rings is 1. The lowest BCUT2D eigenvalue weighted by Gasteiger charge is -2.44. The molecule has 0 radical (unpaired) electrons. The summed E-state index contributed by atoms with van der Waals surface area (Å²) >= 11 is 1.44. The van der Waals surface area contributed by atoms with Crippen LogP contribution in [0.4, 0.5) is 8.78 Å². The molecular formula is C20H21F2N3OS. The lowest BCUT2D eigenvalue weighted by molar-refractivity contribution is 0.0984. The third kappa shape index (κ3) is 3.60. The predicted molar refractivity (Wildman–Crippen MR) is 104 cm³/mol. The summed E-state index contributed by atoms with van der Waals surface area (Å²) in [5.41, 5.74) is 5.43. The number of halogens is 2. The molecule has 1 aliphatic rings. The van der Waals surface area contributed by atoms with Gasteiger partial charge in [-0.3, -0.25) is 14.8 Å². The molecule has 0 amide bonds. The van der Waals surface area contributed by atoms with Gasteiger partial charge in [0.15, 0.2) is 16.8 Å². The van der Waals surface area contributed by atoms with E-state index in [4.69, 9.17) is 5.73 Å². The highest BCUT2D eigenvalue weighted by Gasteiger charge is 2.46. The van der Waals surface area contributed by atoms with Gasteiger partial charge in [-0.1, -0.05) is 31.7 Å². The third-order valence-electron chi connectivity index (χ3n) is 5.18. The fraction of sp³-hybridized carbons (Fsp3) is 0.350. The fourth-order valence-electron chi connectivity index (χ4n) is 3.14. The molecule has 27 heavy (non-hydrogen) atoms. The van der Waals surface area contributed by atoms with Crippen LogP contribution in [0.5, 0.6) is 0 Å². The number of rotatable bonds is 4. The Morgan fingerprint density at radius 2 is 1.96 bits per heavy atom. The summed E-state index contributed by atoms with van der Waals surface area (Å²) in [4.78, 5) is 20.8. The van der Waals surface area contributed by atoms with Crippen LogP contribution in [0, 0.1) is 17.0 Å². The van der Waals surface area contributed by atoms with Crippen LogP contribution in [0.1, 0.15) is 42.4 Å². The van der Waals surface area contributed by atoms with Crippen molar-refractivity contribution in [3.8, 4) is 0 Å². The fourth-order valence-corrected chi connectivity index (χ4v) is 4.18. The van der Waals surface area contributed by atoms with Gasteiger partial charge in [0.2, 0.25) is 0 Å². The molecule has 0 unspecified atom stereocenters. The first-order valence-electron chi connectivity index (χ1n) is 8.55. The van der Waals surface area contributed by atoms with E-state index in [1.807, 2.05) is 20.8 Å². The maximum Gasteiger partial charge on any atom is 0.188 e. The quantitative estimate of drug-likeness (QED) is 0.800. The molecule has 2 heterocycles. The second-order valence-electron chi connectivity index (χ2n) is 7.44. The molecule has 1 aromatic carbocycles. The zero-order valence-electron chi connectivity index (χ0n) is 15.4. The van der Waals surface area contributed by atoms with Gasteiger partial charge >= 0.3 is 0 Å². The molecule has 0 fully saturated rings. The van der Waals surface area contributed by atoms with Crippen molar-refractivity contribution in [3.05, 3.63) is 65.0 Å². The Labute approximate surface area is 161 Å². The van der Waals surface area contributed by atoms with Crippen molar-refractivity contribution in [2.75, 3.05) is 5.75 Å². The van der Waals surface area contributed by atoms with E-state index in [0.717, 1.165) is 0 Å². The molecule has 0 spiro atoms. The molecule has 1 aliphatic heterocycles. The molecule has 0 saturated carbocycles. The highest BCUT2D eigenvalue weighted by molar-refractivity contribution is 8.13. The van der Waals surface area contributed by atoms with Gasteiger partial charge in [0.25, 0.3) is 0 Å². The maximum absolute atomic E-state index is 14.7. The van der Waals surface area contributed by atoms with Gasteiger partial charge < -0.3 is 5.73 Å². The zero-order chi connectivity index (χ0) is 19.8. The average molecular weight is 389 g/mol. The van der Waals surface area contributed by atoms with Crippen LogP contribution < -0.4 is 5.73 Å². The smallest absolute Gasteiger partial charge is 0.188 e. The number of ketones is 1. The van der Waals surface area contributed by atoms with Gasteiger partial charge in [0, 0.05) is 29.3 Å². The summed E-state index contributed by atoms with van der Waals surface area (Å²) in [5, 5.41) is 0.410. The minimum Gasteiger partial charge on any atom is -0.379 e. The highest BCUT2D eigenvalue weighted by atomic mass is 32.2. The molecule has 2 aromatic rings. The van der Waals surface area contributed by atoms with Crippen LogP contribution in [0.2, 0.25) is 0 Å².